The minimum atomic E-state index is -3.82. The number of hydrogen-bond donors (Lipinski definition) is 2. The van der Waals surface area contributed by atoms with Gasteiger partial charge in [0.05, 0.1) is 28.3 Å². The number of morpholine rings is 1. The van der Waals surface area contributed by atoms with E-state index in [9.17, 15) is 16.8 Å². The van der Waals surface area contributed by atoms with E-state index in [2.05, 4.69) is 33.1 Å². The zero-order valence-corrected chi connectivity index (χ0v) is 20.3. The van der Waals surface area contributed by atoms with Crippen LogP contribution in [-0.4, -0.2) is 71.1 Å². The van der Waals surface area contributed by atoms with E-state index < -0.39 is 36.8 Å². The van der Waals surface area contributed by atoms with Crippen molar-refractivity contribution < 1.29 is 21.6 Å². The molecule has 0 aliphatic carbocycles. The van der Waals surface area contributed by atoms with Crippen molar-refractivity contribution in [3.63, 3.8) is 0 Å². The lowest BCUT2D eigenvalue weighted by atomic mass is 9.98. The zero-order chi connectivity index (χ0) is 22.8. The fraction of sp³-hybridized carbons (Fsp3) is 0.455. The Bertz CT molecular complexity index is 1310. The van der Waals surface area contributed by atoms with Crippen LogP contribution in [0.1, 0.15) is 17.2 Å². The van der Waals surface area contributed by atoms with Crippen molar-refractivity contribution >= 4 is 31.6 Å². The second kappa shape index (κ2) is 8.04. The maximum Gasteiger partial charge on any atom is 0.186 e. The van der Waals surface area contributed by atoms with Gasteiger partial charge in [-0.05, 0) is 41.3 Å². The van der Waals surface area contributed by atoms with Crippen LogP contribution >= 0.6 is 11.9 Å². The predicted molar refractivity (Wildman–Crippen MR) is 124 cm³/mol. The number of benzene rings is 2. The van der Waals surface area contributed by atoms with Crippen LogP contribution in [-0.2, 0) is 31.0 Å². The Morgan fingerprint density at radius 3 is 2.70 bits per heavy atom. The molecule has 0 spiro atoms. The third kappa shape index (κ3) is 3.74. The van der Waals surface area contributed by atoms with Crippen molar-refractivity contribution in [1.29, 1.82) is 0 Å². The summed E-state index contributed by atoms with van der Waals surface area (Å²) in [5, 5.41) is 2.50. The number of hydrogen-bond acceptors (Lipinski definition) is 9. The molecule has 0 bridgehead atoms. The summed E-state index contributed by atoms with van der Waals surface area (Å²) in [5.41, 5.74) is 2.50. The summed E-state index contributed by atoms with van der Waals surface area (Å²) in [5.74, 6) is -0.438. The molecule has 4 heterocycles. The highest BCUT2D eigenvalue weighted by atomic mass is 32.2. The molecule has 33 heavy (non-hydrogen) atoms. The Kier molecular flexibility index (Phi) is 5.37. The average molecular weight is 508 g/mol. The standard InChI is InChI=1S/C22H25N3O5S3/c26-32(27)13-22(33(28,29)21-4-2-1-3-20(21)32)18-11-25-10-17(23-9-16(25)12-30-18)14-5-6-19-15(7-14)8-24-31-19/h1-7,16-18,22-24H,8-13H2. The maximum atomic E-state index is 13.4. The molecule has 2 N–H and O–H groups in total. The molecule has 6 rings (SSSR count). The Morgan fingerprint density at radius 2 is 1.85 bits per heavy atom. The summed E-state index contributed by atoms with van der Waals surface area (Å²) in [6, 6.07) is 12.7. The van der Waals surface area contributed by atoms with Crippen LogP contribution in [0.15, 0.2) is 57.2 Å². The smallest absolute Gasteiger partial charge is 0.186 e. The van der Waals surface area contributed by atoms with Gasteiger partial charge < -0.3 is 10.1 Å². The summed E-state index contributed by atoms with van der Waals surface area (Å²) in [6.45, 7) is 3.08. The van der Waals surface area contributed by atoms with Gasteiger partial charge in [0.1, 0.15) is 5.25 Å². The Labute approximate surface area is 198 Å². The number of piperazine rings is 1. The molecule has 176 valence electrons. The van der Waals surface area contributed by atoms with Gasteiger partial charge in [0.2, 0.25) is 0 Å². The molecule has 2 saturated heterocycles. The molecule has 0 aromatic heterocycles. The van der Waals surface area contributed by atoms with E-state index in [0.717, 1.165) is 19.6 Å². The minimum absolute atomic E-state index is 0.0959. The van der Waals surface area contributed by atoms with Crippen LogP contribution in [0.4, 0.5) is 0 Å². The van der Waals surface area contributed by atoms with Crippen LogP contribution in [0.2, 0.25) is 0 Å². The fourth-order valence-corrected chi connectivity index (χ4v) is 11.0. The van der Waals surface area contributed by atoms with Crippen molar-refractivity contribution in [1.82, 2.24) is 14.9 Å². The van der Waals surface area contributed by atoms with Crippen LogP contribution in [0, 0.1) is 0 Å². The second-order valence-corrected chi connectivity index (χ2v) is 14.1. The summed E-state index contributed by atoms with van der Waals surface area (Å²) in [7, 11) is -7.52. The van der Waals surface area contributed by atoms with E-state index in [-0.39, 0.29) is 21.9 Å². The Balaban J connectivity index is 1.25. The minimum Gasteiger partial charge on any atom is -0.374 e. The van der Waals surface area contributed by atoms with Crippen LogP contribution in [0.5, 0.6) is 0 Å². The summed E-state index contributed by atoms with van der Waals surface area (Å²) in [6.07, 6.45) is -0.686. The average Bonchev–Trinajstić information content (AvgIpc) is 3.29. The van der Waals surface area contributed by atoms with Crippen molar-refractivity contribution in [3.8, 4) is 0 Å². The van der Waals surface area contributed by atoms with Gasteiger partial charge in [-0.15, -0.1) is 0 Å². The van der Waals surface area contributed by atoms with Gasteiger partial charge in [-0.2, -0.15) is 0 Å². The summed E-state index contributed by atoms with van der Waals surface area (Å²) < 4.78 is 61.8. The first-order valence-corrected chi connectivity index (χ1v) is 15.0. The molecule has 4 atom stereocenters. The highest BCUT2D eigenvalue weighted by Crippen LogP contribution is 2.36. The van der Waals surface area contributed by atoms with Crippen molar-refractivity contribution in [2.75, 3.05) is 32.0 Å². The van der Waals surface area contributed by atoms with Gasteiger partial charge in [-0.25, -0.2) is 16.8 Å². The Morgan fingerprint density at radius 1 is 1.03 bits per heavy atom. The molecule has 0 radical (unpaired) electrons. The highest BCUT2D eigenvalue weighted by Gasteiger charge is 2.48. The maximum absolute atomic E-state index is 13.4. The van der Waals surface area contributed by atoms with Crippen molar-refractivity contribution in [3.05, 3.63) is 53.6 Å². The lowest BCUT2D eigenvalue weighted by Gasteiger charge is -2.47. The van der Waals surface area contributed by atoms with Gasteiger partial charge in [0, 0.05) is 43.2 Å². The largest absolute Gasteiger partial charge is 0.374 e. The fourth-order valence-electron chi connectivity index (χ4n) is 5.26. The van der Waals surface area contributed by atoms with E-state index in [0.29, 0.717) is 13.2 Å². The van der Waals surface area contributed by atoms with E-state index >= 15 is 0 Å². The van der Waals surface area contributed by atoms with E-state index in [4.69, 9.17) is 4.74 Å². The SMILES string of the molecule is O=S1(=O)CC(C2CN3CC(c4ccc5c(c4)CNS5)NCC3CO2)S(=O)(=O)c2ccccc21. The molecule has 2 fully saturated rings. The molecule has 4 unspecified atom stereocenters. The third-order valence-corrected chi connectivity index (χ3v) is 12.4. The molecule has 2 aromatic rings. The van der Waals surface area contributed by atoms with Crippen molar-refractivity contribution in [2.45, 2.75) is 44.7 Å². The van der Waals surface area contributed by atoms with E-state index in [1.54, 1.807) is 24.1 Å². The molecule has 4 aliphatic heterocycles. The second-order valence-electron chi connectivity index (χ2n) is 9.04. The normalized spacial score (nSPS) is 32.5. The zero-order valence-electron chi connectivity index (χ0n) is 17.8. The van der Waals surface area contributed by atoms with Gasteiger partial charge in [0.15, 0.2) is 19.7 Å². The number of ether oxygens (including phenoxy) is 1. The van der Waals surface area contributed by atoms with Crippen LogP contribution in [0.3, 0.4) is 0 Å². The number of fused-ring (bicyclic) bond motifs is 3. The monoisotopic (exact) mass is 507 g/mol. The molecular weight excluding hydrogens is 482 g/mol. The highest BCUT2D eigenvalue weighted by molar-refractivity contribution is 7.98. The molecule has 0 saturated carbocycles. The number of sulfone groups is 2. The topological polar surface area (TPSA) is 105 Å². The lowest BCUT2D eigenvalue weighted by Crippen LogP contribution is -2.63. The van der Waals surface area contributed by atoms with Gasteiger partial charge in [-0.1, -0.05) is 24.3 Å². The number of rotatable bonds is 2. The lowest BCUT2D eigenvalue weighted by molar-refractivity contribution is -0.0755. The van der Waals surface area contributed by atoms with Gasteiger partial charge >= 0.3 is 0 Å². The van der Waals surface area contributed by atoms with Crippen molar-refractivity contribution in [2.24, 2.45) is 0 Å². The molecular formula is C22H25N3O5S3. The van der Waals surface area contributed by atoms with Crippen LogP contribution in [0.25, 0.3) is 0 Å². The first-order valence-electron chi connectivity index (χ1n) is 11.0. The van der Waals surface area contributed by atoms with E-state index in [1.165, 1.54) is 28.2 Å². The van der Waals surface area contributed by atoms with E-state index in [1.807, 2.05) is 0 Å². The summed E-state index contributed by atoms with van der Waals surface area (Å²) in [4.78, 5) is 3.32. The third-order valence-electron chi connectivity index (χ3n) is 7.07. The number of nitrogens with one attached hydrogen (secondary N) is 2. The van der Waals surface area contributed by atoms with Crippen LogP contribution < -0.4 is 10.0 Å². The van der Waals surface area contributed by atoms with Gasteiger partial charge in [0.25, 0.3) is 0 Å². The quantitative estimate of drug-likeness (QED) is 0.579. The molecule has 0 amide bonds. The summed E-state index contributed by atoms with van der Waals surface area (Å²) >= 11 is 1.65. The molecule has 8 nitrogen and oxygen atoms in total. The predicted octanol–water partition coefficient (Wildman–Crippen LogP) is 1.14. The first kappa shape index (κ1) is 22.0. The molecule has 2 aromatic carbocycles. The Hall–Kier alpha value is -1.47. The number of nitrogens with zero attached hydrogens (tertiary/aromatic N) is 1. The first-order chi connectivity index (χ1) is 15.8. The van der Waals surface area contributed by atoms with Gasteiger partial charge in [-0.3, -0.25) is 9.62 Å². The molecule has 4 aliphatic rings. The molecule has 11 heteroatoms.